The molecular weight excluding hydrogens is 441 g/mol. The highest BCUT2D eigenvalue weighted by molar-refractivity contribution is 9.10. The number of aromatic hydroxyl groups is 1. The second kappa shape index (κ2) is 8.59. The van der Waals surface area contributed by atoms with Crippen molar-refractivity contribution in [3.63, 3.8) is 0 Å². The van der Waals surface area contributed by atoms with Gasteiger partial charge in [0.25, 0.3) is 0 Å². The number of benzene rings is 2. The summed E-state index contributed by atoms with van der Waals surface area (Å²) in [6.45, 7) is 3.16. The van der Waals surface area contributed by atoms with E-state index in [0.29, 0.717) is 10.2 Å². The molecule has 9 heteroatoms. The van der Waals surface area contributed by atoms with Gasteiger partial charge in [-0.05, 0) is 51.3 Å². The molecule has 0 bridgehead atoms. The molecule has 1 saturated heterocycles. The van der Waals surface area contributed by atoms with E-state index in [1.54, 1.807) is 24.3 Å². The van der Waals surface area contributed by atoms with Crippen LogP contribution < -0.4 is 14.8 Å². The summed E-state index contributed by atoms with van der Waals surface area (Å²) in [6, 6.07) is 9.20. The lowest BCUT2D eigenvalue weighted by atomic mass is 9.96. The fraction of sp³-hybridized carbons (Fsp3) is 0.368. The molecule has 2 aromatic carbocycles. The Bertz CT molecular complexity index is 809. The van der Waals surface area contributed by atoms with Crippen molar-refractivity contribution in [2.24, 2.45) is 0 Å². The predicted molar refractivity (Wildman–Crippen MR) is 102 cm³/mol. The van der Waals surface area contributed by atoms with Crippen molar-refractivity contribution in [1.82, 2.24) is 10.2 Å². The maximum atomic E-state index is 12.4. The lowest BCUT2D eigenvalue weighted by molar-refractivity contribution is -0.274. The average molecular weight is 461 g/mol. The summed E-state index contributed by atoms with van der Waals surface area (Å²) < 4.78 is 47.0. The number of phenolic OH excluding ortho intramolecular Hbond substituents is 1. The summed E-state index contributed by atoms with van der Waals surface area (Å²) in [5.74, 6) is 0.0561. The number of ether oxygens (including phenoxy) is 2. The number of piperazine rings is 1. The van der Waals surface area contributed by atoms with Gasteiger partial charge in [0.2, 0.25) is 0 Å². The van der Waals surface area contributed by atoms with Crippen LogP contribution in [0.25, 0.3) is 0 Å². The van der Waals surface area contributed by atoms with Crippen molar-refractivity contribution >= 4 is 15.9 Å². The number of hydrogen-bond acceptors (Lipinski definition) is 5. The zero-order chi connectivity index (χ0) is 20.3. The van der Waals surface area contributed by atoms with Crippen LogP contribution >= 0.6 is 15.9 Å². The predicted octanol–water partition coefficient (Wildman–Crippen LogP) is 4.06. The van der Waals surface area contributed by atoms with E-state index < -0.39 is 6.36 Å². The third-order valence-electron chi connectivity index (χ3n) is 4.53. The van der Waals surface area contributed by atoms with E-state index >= 15 is 0 Å². The number of methoxy groups -OCH3 is 1. The number of rotatable bonds is 5. The number of nitrogens with one attached hydrogen (secondary N) is 1. The van der Waals surface area contributed by atoms with Crippen molar-refractivity contribution in [1.29, 1.82) is 0 Å². The van der Waals surface area contributed by atoms with Crippen LogP contribution in [-0.2, 0) is 0 Å². The molecule has 0 radical (unpaired) electrons. The lowest BCUT2D eigenvalue weighted by Crippen LogP contribution is -2.45. The van der Waals surface area contributed by atoms with E-state index in [2.05, 4.69) is 30.9 Å². The molecule has 28 heavy (non-hydrogen) atoms. The Kier molecular flexibility index (Phi) is 6.36. The number of alkyl halides is 3. The zero-order valence-corrected chi connectivity index (χ0v) is 16.7. The molecule has 5 nitrogen and oxygen atoms in total. The Morgan fingerprint density at radius 2 is 1.75 bits per heavy atom. The van der Waals surface area contributed by atoms with Crippen molar-refractivity contribution in [2.75, 3.05) is 33.3 Å². The van der Waals surface area contributed by atoms with Gasteiger partial charge >= 0.3 is 6.36 Å². The third kappa shape index (κ3) is 4.89. The van der Waals surface area contributed by atoms with Crippen molar-refractivity contribution in [2.45, 2.75) is 12.4 Å². The lowest BCUT2D eigenvalue weighted by Gasteiger charge is -2.36. The molecule has 152 valence electrons. The molecule has 2 N–H and O–H groups in total. The van der Waals surface area contributed by atoms with Gasteiger partial charge in [-0.2, -0.15) is 0 Å². The Labute approximate surface area is 169 Å². The molecule has 0 aromatic heterocycles. The van der Waals surface area contributed by atoms with Crippen LogP contribution in [0.3, 0.4) is 0 Å². The van der Waals surface area contributed by atoms with Crippen LogP contribution in [0.2, 0.25) is 0 Å². The summed E-state index contributed by atoms with van der Waals surface area (Å²) in [7, 11) is 1.47. The van der Waals surface area contributed by atoms with Crippen molar-refractivity contribution in [3.05, 3.63) is 52.0 Å². The Morgan fingerprint density at radius 3 is 2.32 bits per heavy atom. The summed E-state index contributed by atoms with van der Waals surface area (Å²) in [4.78, 5) is 2.23. The fourth-order valence-electron chi connectivity index (χ4n) is 3.31. The SMILES string of the molecule is COc1cc([C@@H](c2ccc(OC(F)(F)F)cc2)N2CCNCC2)cc(Br)c1O. The summed E-state index contributed by atoms with van der Waals surface area (Å²) >= 11 is 3.34. The second-order valence-corrected chi connectivity index (χ2v) is 7.21. The van der Waals surface area contributed by atoms with Gasteiger partial charge in [0.05, 0.1) is 17.6 Å². The fourth-order valence-corrected chi connectivity index (χ4v) is 3.77. The standard InChI is InChI=1S/C19H20BrF3N2O3/c1-27-16-11-13(10-15(20)18(16)26)17(25-8-6-24-7-9-25)12-2-4-14(5-3-12)28-19(21,22)23/h2-5,10-11,17,24,26H,6-9H2,1H3/t17-/m1/s1. The Morgan fingerprint density at radius 1 is 1.11 bits per heavy atom. The molecule has 0 amide bonds. The maximum absolute atomic E-state index is 12.4. The molecule has 1 fully saturated rings. The quantitative estimate of drug-likeness (QED) is 0.704. The molecule has 1 atom stereocenters. The molecule has 2 aromatic rings. The second-order valence-electron chi connectivity index (χ2n) is 6.36. The first-order valence-corrected chi connectivity index (χ1v) is 9.44. The van der Waals surface area contributed by atoms with E-state index in [9.17, 15) is 18.3 Å². The van der Waals surface area contributed by atoms with E-state index in [1.807, 2.05) is 0 Å². The highest BCUT2D eigenvalue weighted by Crippen LogP contribution is 2.40. The highest BCUT2D eigenvalue weighted by Gasteiger charge is 2.31. The third-order valence-corrected chi connectivity index (χ3v) is 5.14. The van der Waals surface area contributed by atoms with E-state index in [4.69, 9.17) is 4.74 Å². The van der Waals surface area contributed by atoms with Gasteiger partial charge in [-0.15, -0.1) is 13.2 Å². The minimum atomic E-state index is -4.73. The van der Waals surface area contributed by atoms with Gasteiger partial charge in [0.1, 0.15) is 5.75 Å². The van der Waals surface area contributed by atoms with Gasteiger partial charge in [-0.25, -0.2) is 0 Å². The normalized spacial score (nSPS) is 16.6. The molecule has 3 rings (SSSR count). The number of phenols is 1. The average Bonchev–Trinajstić information content (AvgIpc) is 2.65. The van der Waals surface area contributed by atoms with Gasteiger partial charge in [-0.1, -0.05) is 12.1 Å². The van der Waals surface area contributed by atoms with E-state index in [1.165, 1.54) is 19.2 Å². The number of hydrogen-bond donors (Lipinski definition) is 2. The van der Waals surface area contributed by atoms with Gasteiger partial charge in [-0.3, -0.25) is 4.90 Å². The minimum absolute atomic E-state index is 0.000707. The van der Waals surface area contributed by atoms with E-state index in [-0.39, 0.29) is 17.5 Å². The molecule has 0 saturated carbocycles. The number of halogens is 4. The van der Waals surface area contributed by atoms with Crippen LogP contribution in [0.4, 0.5) is 13.2 Å². The van der Waals surface area contributed by atoms with Gasteiger partial charge in [0, 0.05) is 26.2 Å². The first-order chi connectivity index (χ1) is 13.3. The van der Waals surface area contributed by atoms with Crippen LogP contribution in [0, 0.1) is 0 Å². The smallest absolute Gasteiger partial charge is 0.503 e. The topological polar surface area (TPSA) is 54.0 Å². The highest BCUT2D eigenvalue weighted by atomic mass is 79.9. The first kappa shape index (κ1) is 20.8. The minimum Gasteiger partial charge on any atom is -0.503 e. The molecule has 1 aliphatic heterocycles. The first-order valence-electron chi connectivity index (χ1n) is 8.65. The maximum Gasteiger partial charge on any atom is 0.573 e. The zero-order valence-electron chi connectivity index (χ0n) is 15.1. The summed E-state index contributed by atoms with van der Waals surface area (Å²) in [5, 5.41) is 13.4. The molecule has 0 unspecified atom stereocenters. The van der Waals surface area contributed by atoms with Crippen LogP contribution in [0.1, 0.15) is 17.2 Å². The van der Waals surface area contributed by atoms with Gasteiger partial charge in [0.15, 0.2) is 11.5 Å². The molecule has 1 aliphatic rings. The van der Waals surface area contributed by atoms with Crippen molar-refractivity contribution in [3.8, 4) is 17.2 Å². The monoisotopic (exact) mass is 460 g/mol. The van der Waals surface area contributed by atoms with Crippen LogP contribution in [0.5, 0.6) is 17.2 Å². The van der Waals surface area contributed by atoms with Crippen LogP contribution in [0.15, 0.2) is 40.9 Å². The molecule has 0 aliphatic carbocycles. The van der Waals surface area contributed by atoms with Crippen LogP contribution in [-0.4, -0.2) is 49.7 Å². The molecular formula is C19H20BrF3N2O3. The van der Waals surface area contributed by atoms with Gasteiger partial charge < -0.3 is 19.9 Å². The number of nitrogens with zero attached hydrogens (tertiary/aromatic N) is 1. The largest absolute Gasteiger partial charge is 0.573 e. The summed E-state index contributed by atoms with van der Waals surface area (Å²) in [6.07, 6.45) is -4.73. The summed E-state index contributed by atoms with van der Waals surface area (Å²) in [5.41, 5.74) is 1.67. The molecule has 0 spiro atoms. The van der Waals surface area contributed by atoms with E-state index in [0.717, 1.165) is 37.3 Å². The molecule has 1 heterocycles. The Balaban J connectivity index is 1.99. The van der Waals surface area contributed by atoms with Crippen molar-refractivity contribution < 1.29 is 27.8 Å². The Hall–Kier alpha value is -1.97.